The van der Waals surface area contributed by atoms with Crippen molar-refractivity contribution in [2.45, 2.75) is 25.1 Å². The number of ether oxygens (including phenoxy) is 2. The third kappa shape index (κ3) is 3.12. The Morgan fingerprint density at radius 2 is 2.06 bits per heavy atom. The van der Waals surface area contributed by atoms with Crippen LogP contribution in [0.5, 0.6) is 5.75 Å². The van der Waals surface area contributed by atoms with Gasteiger partial charge in [-0.05, 0) is 25.0 Å². The van der Waals surface area contributed by atoms with E-state index in [4.69, 9.17) is 9.47 Å². The van der Waals surface area contributed by atoms with Crippen LogP contribution in [0.2, 0.25) is 0 Å². The molecule has 1 heterocycles. The Morgan fingerprint density at radius 1 is 1.29 bits per heavy atom. The Morgan fingerprint density at radius 3 is 2.71 bits per heavy atom. The Kier molecular flexibility index (Phi) is 3.57. The Balaban J connectivity index is 2.04. The maximum absolute atomic E-state index is 12.6. The molecule has 0 radical (unpaired) electrons. The van der Waals surface area contributed by atoms with Gasteiger partial charge in [-0.15, -0.1) is 0 Å². The maximum Gasteiger partial charge on any atom is 0.419 e. The molecular formula is C12H13F3O2. The van der Waals surface area contributed by atoms with Gasteiger partial charge in [0.15, 0.2) is 0 Å². The molecule has 1 aliphatic rings. The highest BCUT2D eigenvalue weighted by molar-refractivity contribution is 5.35. The van der Waals surface area contributed by atoms with Crippen molar-refractivity contribution >= 4 is 0 Å². The fraction of sp³-hybridized carbons (Fsp3) is 0.500. The lowest BCUT2D eigenvalue weighted by Gasteiger charge is -2.15. The molecule has 94 valence electrons. The quantitative estimate of drug-likeness (QED) is 0.815. The minimum atomic E-state index is -4.38. The van der Waals surface area contributed by atoms with Crippen molar-refractivity contribution < 1.29 is 22.6 Å². The van der Waals surface area contributed by atoms with Crippen LogP contribution in [0.15, 0.2) is 24.3 Å². The van der Waals surface area contributed by atoms with Crippen LogP contribution in [0.3, 0.4) is 0 Å². The summed E-state index contributed by atoms with van der Waals surface area (Å²) >= 11 is 0. The highest BCUT2D eigenvalue weighted by Gasteiger charge is 2.34. The summed E-state index contributed by atoms with van der Waals surface area (Å²) in [5.41, 5.74) is -0.738. The SMILES string of the molecule is FC(F)(F)c1ccccc1OCC1CCCO1. The van der Waals surface area contributed by atoms with E-state index in [2.05, 4.69) is 0 Å². The number of para-hydroxylation sites is 1. The largest absolute Gasteiger partial charge is 0.490 e. The number of rotatable bonds is 3. The van der Waals surface area contributed by atoms with Gasteiger partial charge in [-0.3, -0.25) is 0 Å². The Bertz CT molecular complexity index is 370. The lowest BCUT2D eigenvalue weighted by Crippen LogP contribution is -2.18. The monoisotopic (exact) mass is 246 g/mol. The molecule has 17 heavy (non-hydrogen) atoms. The summed E-state index contributed by atoms with van der Waals surface area (Å²) in [7, 11) is 0. The number of hydrogen-bond donors (Lipinski definition) is 0. The molecule has 0 amide bonds. The molecule has 1 unspecified atom stereocenters. The van der Waals surface area contributed by atoms with Crippen molar-refractivity contribution in [3.05, 3.63) is 29.8 Å². The second-order valence-electron chi connectivity index (χ2n) is 3.94. The van der Waals surface area contributed by atoms with Crippen LogP contribution < -0.4 is 4.74 Å². The molecule has 1 atom stereocenters. The summed E-state index contributed by atoms with van der Waals surface area (Å²) in [5, 5.41) is 0. The molecule has 0 saturated carbocycles. The van der Waals surface area contributed by atoms with E-state index in [1.54, 1.807) is 0 Å². The van der Waals surface area contributed by atoms with Crippen LogP contribution in [0.25, 0.3) is 0 Å². The van der Waals surface area contributed by atoms with Crippen LogP contribution in [-0.4, -0.2) is 19.3 Å². The molecule has 5 heteroatoms. The first-order chi connectivity index (χ1) is 8.07. The van der Waals surface area contributed by atoms with E-state index in [0.717, 1.165) is 18.9 Å². The van der Waals surface area contributed by atoms with Crippen molar-refractivity contribution in [2.75, 3.05) is 13.2 Å². The van der Waals surface area contributed by atoms with E-state index in [0.29, 0.717) is 6.61 Å². The number of benzene rings is 1. The summed E-state index contributed by atoms with van der Waals surface area (Å²) < 4.78 is 48.4. The maximum atomic E-state index is 12.6. The topological polar surface area (TPSA) is 18.5 Å². The van der Waals surface area contributed by atoms with Gasteiger partial charge in [0.1, 0.15) is 12.4 Å². The highest BCUT2D eigenvalue weighted by atomic mass is 19.4. The third-order valence-electron chi connectivity index (χ3n) is 2.64. The summed E-state index contributed by atoms with van der Waals surface area (Å²) in [5.74, 6) is -0.129. The zero-order chi connectivity index (χ0) is 12.3. The van der Waals surface area contributed by atoms with Crippen molar-refractivity contribution in [2.24, 2.45) is 0 Å². The van der Waals surface area contributed by atoms with E-state index in [1.165, 1.54) is 18.2 Å². The number of hydrogen-bond acceptors (Lipinski definition) is 2. The molecule has 0 aromatic heterocycles. The van der Waals surface area contributed by atoms with Gasteiger partial charge in [0, 0.05) is 6.61 Å². The van der Waals surface area contributed by atoms with Crippen molar-refractivity contribution in [1.29, 1.82) is 0 Å². The van der Waals surface area contributed by atoms with E-state index in [9.17, 15) is 13.2 Å². The van der Waals surface area contributed by atoms with E-state index in [1.807, 2.05) is 0 Å². The average Bonchev–Trinajstić information content (AvgIpc) is 2.78. The molecule has 0 aliphatic carbocycles. The van der Waals surface area contributed by atoms with Crippen molar-refractivity contribution in [3.8, 4) is 5.75 Å². The van der Waals surface area contributed by atoms with Crippen LogP contribution in [0.1, 0.15) is 18.4 Å². The first kappa shape index (κ1) is 12.2. The average molecular weight is 246 g/mol. The predicted molar refractivity (Wildman–Crippen MR) is 55.9 cm³/mol. The van der Waals surface area contributed by atoms with Gasteiger partial charge in [-0.1, -0.05) is 12.1 Å². The van der Waals surface area contributed by atoms with Gasteiger partial charge in [-0.25, -0.2) is 0 Å². The normalized spacial score (nSPS) is 20.5. The molecule has 2 nitrogen and oxygen atoms in total. The van der Waals surface area contributed by atoms with Crippen molar-refractivity contribution in [3.63, 3.8) is 0 Å². The molecule has 1 aliphatic heterocycles. The minimum Gasteiger partial charge on any atom is -0.490 e. The first-order valence-corrected chi connectivity index (χ1v) is 5.48. The zero-order valence-corrected chi connectivity index (χ0v) is 9.17. The number of alkyl halides is 3. The fourth-order valence-corrected chi connectivity index (χ4v) is 1.79. The van der Waals surface area contributed by atoms with Gasteiger partial charge in [0.05, 0.1) is 11.7 Å². The second kappa shape index (κ2) is 4.96. The molecule has 0 N–H and O–H groups in total. The van der Waals surface area contributed by atoms with Crippen LogP contribution in [-0.2, 0) is 10.9 Å². The van der Waals surface area contributed by atoms with Crippen molar-refractivity contribution in [1.82, 2.24) is 0 Å². The zero-order valence-electron chi connectivity index (χ0n) is 9.17. The van der Waals surface area contributed by atoms with Crippen LogP contribution >= 0.6 is 0 Å². The summed E-state index contributed by atoms with van der Waals surface area (Å²) in [6.45, 7) is 0.835. The fourth-order valence-electron chi connectivity index (χ4n) is 1.79. The van der Waals surface area contributed by atoms with Gasteiger partial charge in [0.25, 0.3) is 0 Å². The molecule has 1 saturated heterocycles. The lowest BCUT2D eigenvalue weighted by molar-refractivity contribution is -0.139. The van der Waals surface area contributed by atoms with Gasteiger partial charge >= 0.3 is 6.18 Å². The van der Waals surface area contributed by atoms with Crippen LogP contribution in [0.4, 0.5) is 13.2 Å². The first-order valence-electron chi connectivity index (χ1n) is 5.48. The Hall–Kier alpha value is -1.23. The predicted octanol–water partition coefficient (Wildman–Crippen LogP) is 3.26. The molecule has 0 spiro atoms. The number of halogens is 3. The standard InChI is InChI=1S/C12H13F3O2/c13-12(14,15)10-5-1-2-6-11(10)17-8-9-4-3-7-16-9/h1-2,5-6,9H,3-4,7-8H2. The molecule has 1 aromatic rings. The smallest absolute Gasteiger partial charge is 0.419 e. The summed E-state index contributed by atoms with van der Waals surface area (Å²) in [4.78, 5) is 0. The molecular weight excluding hydrogens is 233 g/mol. The summed E-state index contributed by atoms with van der Waals surface area (Å²) in [6.07, 6.45) is -2.69. The van der Waals surface area contributed by atoms with Gasteiger partial charge in [-0.2, -0.15) is 13.2 Å². The van der Waals surface area contributed by atoms with E-state index < -0.39 is 11.7 Å². The minimum absolute atomic E-state index is 0.0868. The van der Waals surface area contributed by atoms with Crippen LogP contribution in [0, 0.1) is 0 Å². The third-order valence-corrected chi connectivity index (χ3v) is 2.64. The van der Waals surface area contributed by atoms with Gasteiger partial charge in [0.2, 0.25) is 0 Å². The lowest BCUT2D eigenvalue weighted by atomic mass is 10.2. The molecule has 0 bridgehead atoms. The Labute approximate surface area is 97.3 Å². The molecule has 2 rings (SSSR count). The summed E-state index contributed by atoms with van der Waals surface area (Å²) in [6, 6.07) is 5.23. The van der Waals surface area contributed by atoms with Gasteiger partial charge < -0.3 is 9.47 Å². The van der Waals surface area contributed by atoms with E-state index in [-0.39, 0.29) is 18.5 Å². The molecule has 1 aromatic carbocycles. The van der Waals surface area contributed by atoms with E-state index >= 15 is 0 Å². The second-order valence-corrected chi connectivity index (χ2v) is 3.94. The molecule has 1 fully saturated rings. The highest BCUT2D eigenvalue weighted by Crippen LogP contribution is 2.36.